The number of alkyl halides is 3. The van der Waals surface area contributed by atoms with Crippen LogP contribution in [0.5, 0.6) is 0 Å². The number of nitrogens with one attached hydrogen (secondary N) is 1. The summed E-state index contributed by atoms with van der Waals surface area (Å²) >= 11 is 0. The largest absolute Gasteiger partial charge is 0.452 e. The van der Waals surface area contributed by atoms with Crippen LogP contribution < -0.4 is 4.72 Å². The summed E-state index contributed by atoms with van der Waals surface area (Å²) in [4.78, 5) is 1.28. The molecule has 0 bridgehead atoms. The SMILES string of the molecule is O=S(=O)(NC1CCN(CC(F)(F)F)CC1)c1ccco1. The topological polar surface area (TPSA) is 62.6 Å². The molecule has 1 fully saturated rings. The third kappa shape index (κ3) is 4.22. The van der Waals surface area contributed by atoms with Gasteiger partial charge in [0.15, 0.2) is 0 Å². The molecule has 1 aliphatic rings. The minimum absolute atomic E-state index is 0.185. The Labute approximate surface area is 114 Å². The molecular formula is C11H15F3N2O3S. The van der Waals surface area contributed by atoms with Gasteiger partial charge < -0.3 is 4.42 Å². The molecular weight excluding hydrogens is 297 g/mol. The summed E-state index contributed by atoms with van der Waals surface area (Å²) in [5.74, 6) is 0. The van der Waals surface area contributed by atoms with Crippen LogP contribution in [0.1, 0.15) is 12.8 Å². The maximum Gasteiger partial charge on any atom is 0.401 e. The third-order valence-electron chi connectivity index (χ3n) is 3.07. The van der Waals surface area contributed by atoms with Crippen molar-refractivity contribution in [3.05, 3.63) is 18.4 Å². The molecule has 1 N–H and O–H groups in total. The number of rotatable bonds is 4. The molecule has 0 atom stereocenters. The first-order valence-corrected chi connectivity index (χ1v) is 7.59. The minimum atomic E-state index is -4.22. The van der Waals surface area contributed by atoms with Crippen molar-refractivity contribution < 1.29 is 26.0 Å². The van der Waals surface area contributed by atoms with Gasteiger partial charge in [-0.3, -0.25) is 4.90 Å². The lowest BCUT2D eigenvalue weighted by atomic mass is 10.1. The van der Waals surface area contributed by atoms with Crippen molar-refractivity contribution in [2.75, 3.05) is 19.6 Å². The maximum atomic E-state index is 12.2. The molecule has 5 nitrogen and oxygen atoms in total. The van der Waals surface area contributed by atoms with Crippen molar-refractivity contribution in [1.29, 1.82) is 0 Å². The highest BCUT2D eigenvalue weighted by atomic mass is 32.2. The highest BCUT2D eigenvalue weighted by molar-refractivity contribution is 7.89. The average molecular weight is 312 g/mol. The minimum Gasteiger partial charge on any atom is -0.452 e. The third-order valence-corrected chi connectivity index (χ3v) is 4.48. The van der Waals surface area contributed by atoms with Crippen LogP contribution in [0.25, 0.3) is 0 Å². The van der Waals surface area contributed by atoms with Crippen LogP contribution in [0.15, 0.2) is 27.9 Å². The summed E-state index contributed by atoms with van der Waals surface area (Å²) < 4.78 is 67.7. The highest BCUT2D eigenvalue weighted by Crippen LogP contribution is 2.20. The number of likely N-dealkylation sites (tertiary alicyclic amines) is 1. The molecule has 0 spiro atoms. The van der Waals surface area contributed by atoms with Gasteiger partial charge in [0.05, 0.1) is 12.8 Å². The van der Waals surface area contributed by atoms with Gasteiger partial charge >= 0.3 is 6.18 Å². The fourth-order valence-corrected chi connectivity index (χ4v) is 3.39. The van der Waals surface area contributed by atoms with Crippen molar-refractivity contribution in [2.45, 2.75) is 30.2 Å². The Morgan fingerprint density at radius 3 is 2.50 bits per heavy atom. The van der Waals surface area contributed by atoms with Crippen LogP contribution >= 0.6 is 0 Å². The summed E-state index contributed by atoms with van der Waals surface area (Å²) in [5, 5.41) is -0.185. The predicted octanol–water partition coefficient (Wildman–Crippen LogP) is 1.58. The molecule has 1 aromatic rings. The van der Waals surface area contributed by atoms with Crippen molar-refractivity contribution >= 4 is 10.0 Å². The number of piperidine rings is 1. The van der Waals surface area contributed by atoms with Crippen LogP contribution in [0.4, 0.5) is 13.2 Å². The van der Waals surface area contributed by atoms with E-state index in [9.17, 15) is 21.6 Å². The van der Waals surface area contributed by atoms with Gasteiger partial charge in [0.2, 0.25) is 5.09 Å². The van der Waals surface area contributed by atoms with Gasteiger partial charge in [-0.1, -0.05) is 0 Å². The van der Waals surface area contributed by atoms with E-state index >= 15 is 0 Å². The number of nitrogens with zero attached hydrogens (tertiary/aromatic N) is 1. The Bertz CT molecular complexity index is 520. The summed E-state index contributed by atoms with van der Waals surface area (Å²) in [7, 11) is -3.73. The Kier molecular flexibility index (Phi) is 4.40. The highest BCUT2D eigenvalue weighted by Gasteiger charge is 2.33. The molecule has 20 heavy (non-hydrogen) atoms. The molecule has 0 amide bonds. The van der Waals surface area contributed by atoms with Crippen molar-refractivity contribution in [3.8, 4) is 0 Å². The van der Waals surface area contributed by atoms with E-state index in [2.05, 4.69) is 4.72 Å². The Morgan fingerprint density at radius 1 is 1.35 bits per heavy atom. The zero-order chi connectivity index (χ0) is 14.8. The van der Waals surface area contributed by atoms with E-state index in [1.165, 1.54) is 23.3 Å². The number of sulfonamides is 1. The first-order chi connectivity index (χ1) is 9.26. The van der Waals surface area contributed by atoms with Crippen molar-refractivity contribution in [1.82, 2.24) is 9.62 Å². The first kappa shape index (κ1) is 15.3. The van der Waals surface area contributed by atoms with Crippen LogP contribution in [0.3, 0.4) is 0 Å². The second kappa shape index (κ2) is 5.74. The van der Waals surface area contributed by atoms with E-state index in [-0.39, 0.29) is 24.2 Å². The number of furan rings is 1. The smallest absolute Gasteiger partial charge is 0.401 e. The predicted molar refractivity (Wildman–Crippen MR) is 64.5 cm³/mol. The molecule has 114 valence electrons. The zero-order valence-corrected chi connectivity index (χ0v) is 11.4. The molecule has 1 aromatic heterocycles. The molecule has 2 heterocycles. The number of hydrogen-bond acceptors (Lipinski definition) is 4. The van der Waals surface area contributed by atoms with E-state index in [0.717, 1.165) is 0 Å². The second-order valence-corrected chi connectivity index (χ2v) is 6.36. The zero-order valence-electron chi connectivity index (χ0n) is 10.6. The lowest BCUT2D eigenvalue weighted by Gasteiger charge is -2.32. The molecule has 1 saturated heterocycles. The Balaban J connectivity index is 1.86. The molecule has 0 unspecified atom stereocenters. The van der Waals surface area contributed by atoms with Gasteiger partial charge in [-0.25, -0.2) is 13.1 Å². The van der Waals surface area contributed by atoms with Crippen LogP contribution in [0.2, 0.25) is 0 Å². The fourth-order valence-electron chi connectivity index (χ4n) is 2.16. The van der Waals surface area contributed by atoms with E-state index in [1.54, 1.807) is 0 Å². The molecule has 0 radical (unpaired) electrons. The molecule has 0 saturated carbocycles. The van der Waals surface area contributed by atoms with Crippen LogP contribution in [-0.4, -0.2) is 45.2 Å². The van der Waals surface area contributed by atoms with Gasteiger partial charge in [0.1, 0.15) is 0 Å². The van der Waals surface area contributed by atoms with E-state index in [1.807, 2.05) is 0 Å². The van der Waals surface area contributed by atoms with Gasteiger partial charge in [-0.05, 0) is 38.1 Å². The molecule has 0 aliphatic carbocycles. The summed E-state index contributed by atoms with van der Waals surface area (Å²) in [6.07, 6.45) is -2.28. The average Bonchev–Trinajstić information content (AvgIpc) is 2.84. The van der Waals surface area contributed by atoms with Gasteiger partial charge in [-0.2, -0.15) is 13.2 Å². The Morgan fingerprint density at radius 2 is 2.00 bits per heavy atom. The van der Waals surface area contributed by atoms with Gasteiger partial charge in [-0.15, -0.1) is 0 Å². The molecule has 9 heteroatoms. The standard InChI is InChI=1S/C11H15F3N2O3S/c12-11(13,14)8-16-5-3-9(4-6-16)15-20(17,18)10-2-1-7-19-10/h1-2,7,9,15H,3-6,8H2. The van der Waals surface area contributed by atoms with Crippen molar-refractivity contribution in [3.63, 3.8) is 0 Å². The normalized spacial score (nSPS) is 19.4. The van der Waals surface area contributed by atoms with Gasteiger partial charge in [0.25, 0.3) is 10.0 Å². The summed E-state index contributed by atoms with van der Waals surface area (Å²) in [6.45, 7) is -0.527. The van der Waals surface area contributed by atoms with Crippen LogP contribution in [0, 0.1) is 0 Å². The fraction of sp³-hybridized carbons (Fsp3) is 0.636. The first-order valence-electron chi connectivity index (χ1n) is 6.11. The number of halogens is 3. The van der Waals surface area contributed by atoms with Crippen LogP contribution in [-0.2, 0) is 10.0 Å². The van der Waals surface area contributed by atoms with Gasteiger partial charge in [0, 0.05) is 6.04 Å². The summed E-state index contributed by atoms with van der Waals surface area (Å²) in [6, 6.07) is 2.41. The van der Waals surface area contributed by atoms with E-state index in [4.69, 9.17) is 4.42 Å². The second-order valence-electron chi connectivity index (χ2n) is 4.72. The van der Waals surface area contributed by atoms with Crippen molar-refractivity contribution in [2.24, 2.45) is 0 Å². The summed E-state index contributed by atoms with van der Waals surface area (Å²) in [5.41, 5.74) is 0. The van der Waals surface area contributed by atoms with E-state index in [0.29, 0.717) is 12.8 Å². The lowest BCUT2D eigenvalue weighted by molar-refractivity contribution is -0.148. The lowest BCUT2D eigenvalue weighted by Crippen LogP contribution is -2.46. The molecule has 1 aliphatic heterocycles. The number of hydrogen-bond donors (Lipinski definition) is 1. The quantitative estimate of drug-likeness (QED) is 0.917. The maximum absolute atomic E-state index is 12.2. The van der Waals surface area contributed by atoms with E-state index < -0.39 is 22.7 Å². The molecule has 2 rings (SSSR count). The molecule has 0 aromatic carbocycles. The Hall–Kier alpha value is -1.06. The monoisotopic (exact) mass is 312 g/mol.